The third-order valence-corrected chi connectivity index (χ3v) is 5.04. The fourth-order valence-electron chi connectivity index (χ4n) is 3.50. The lowest BCUT2D eigenvalue weighted by Crippen LogP contribution is -2.31. The van der Waals surface area contributed by atoms with Crippen molar-refractivity contribution < 1.29 is 27.1 Å². The first-order chi connectivity index (χ1) is 15.6. The Bertz CT molecular complexity index is 1300. The summed E-state index contributed by atoms with van der Waals surface area (Å²) in [5.74, 6) is 0.407. The van der Waals surface area contributed by atoms with Crippen LogP contribution in [-0.2, 0) is 18.0 Å². The molecule has 33 heavy (non-hydrogen) atoms. The molecule has 0 saturated carbocycles. The molecule has 0 fully saturated rings. The van der Waals surface area contributed by atoms with Crippen molar-refractivity contribution >= 4 is 16.9 Å². The van der Waals surface area contributed by atoms with Crippen molar-refractivity contribution in [1.82, 2.24) is 20.1 Å². The largest absolute Gasteiger partial charge is 0.467 e. The number of alkyl halides is 3. The molecule has 0 aliphatic rings. The molecule has 0 aliphatic heterocycles. The number of hydrogen-bond acceptors (Lipinski definition) is 5. The molecule has 0 bridgehead atoms. The van der Waals surface area contributed by atoms with Gasteiger partial charge >= 0.3 is 6.18 Å². The second kappa shape index (κ2) is 8.61. The molecule has 3 aromatic heterocycles. The number of nitrogens with zero attached hydrogens (tertiary/aromatic N) is 3. The zero-order chi connectivity index (χ0) is 23.8. The first-order valence-corrected chi connectivity index (χ1v) is 10.1. The van der Waals surface area contributed by atoms with Crippen molar-refractivity contribution in [2.24, 2.45) is 7.05 Å². The van der Waals surface area contributed by atoms with Gasteiger partial charge in [0, 0.05) is 18.7 Å². The van der Waals surface area contributed by atoms with Gasteiger partial charge in [-0.15, -0.1) is 0 Å². The highest BCUT2D eigenvalue weighted by Crippen LogP contribution is 2.40. The van der Waals surface area contributed by atoms with Gasteiger partial charge in [-0.1, -0.05) is 30.3 Å². The van der Waals surface area contributed by atoms with E-state index in [2.05, 4.69) is 15.4 Å². The van der Waals surface area contributed by atoms with Gasteiger partial charge in [-0.2, -0.15) is 23.3 Å². The highest BCUT2D eigenvalue weighted by atomic mass is 19.4. The number of aromatic nitrogens is 3. The molecule has 7 nitrogen and oxygen atoms in total. The quantitative estimate of drug-likeness (QED) is 0.448. The van der Waals surface area contributed by atoms with Crippen LogP contribution in [0.1, 0.15) is 30.0 Å². The molecular formula is C23H21F3N4O3. The second-order valence-electron chi connectivity index (χ2n) is 7.57. The summed E-state index contributed by atoms with van der Waals surface area (Å²) >= 11 is 0. The van der Waals surface area contributed by atoms with Crippen LogP contribution in [0.5, 0.6) is 5.88 Å². The number of aryl methyl sites for hydroxylation is 2. The normalized spacial score (nSPS) is 12.7. The van der Waals surface area contributed by atoms with Crippen molar-refractivity contribution in [3.63, 3.8) is 0 Å². The minimum Gasteiger partial charge on any atom is -0.467 e. The van der Waals surface area contributed by atoms with Gasteiger partial charge in [0.1, 0.15) is 17.2 Å². The molecule has 3 heterocycles. The van der Waals surface area contributed by atoms with Gasteiger partial charge in [-0.3, -0.25) is 4.79 Å². The molecule has 0 radical (unpaired) electrons. The number of carbonyl (C=O) groups excluding carboxylic acids is 1. The average Bonchev–Trinajstić information content (AvgIpc) is 3.35. The summed E-state index contributed by atoms with van der Waals surface area (Å²) in [7, 11) is 1.51. The van der Waals surface area contributed by atoms with Crippen LogP contribution in [0, 0.1) is 6.92 Å². The van der Waals surface area contributed by atoms with Gasteiger partial charge in [-0.25, -0.2) is 4.68 Å². The molecule has 0 spiro atoms. The minimum atomic E-state index is -4.68. The summed E-state index contributed by atoms with van der Waals surface area (Å²) in [6.45, 7) is 3.00. The Kier molecular flexibility index (Phi) is 5.84. The second-order valence-corrected chi connectivity index (χ2v) is 7.57. The van der Waals surface area contributed by atoms with Crippen LogP contribution < -0.4 is 10.1 Å². The zero-order valence-corrected chi connectivity index (χ0v) is 18.1. The van der Waals surface area contributed by atoms with E-state index in [1.807, 2.05) is 0 Å². The Labute approximate surface area is 187 Å². The Balaban J connectivity index is 1.61. The summed E-state index contributed by atoms with van der Waals surface area (Å²) in [6, 6.07) is 12.4. The number of fused-ring (bicyclic) bond motifs is 1. The van der Waals surface area contributed by atoms with Crippen LogP contribution in [0.25, 0.3) is 22.3 Å². The van der Waals surface area contributed by atoms with Gasteiger partial charge < -0.3 is 14.5 Å². The Morgan fingerprint density at radius 3 is 2.58 bits per heavy atom. The number of ether oxygens (including phenoxy) is 1. The van der Waals surface area contributed by atoms with Gasteiger partial charge in [-0.05, 0) is 26.0 Å². The molecule has 1 atom stereocenters. The molecule has 10 heteroatoms. The minimum absolute atomic E-state index is 0.00137. The molecule has 0 aliphatic carbocycles. The Hall–Kier alpha value is -3.82. The molecule has 4 aromatic rings. The summed E-state index contributed by atoms with van der Waals surface area (Å²) in [4.78, 5) is 16.5. The lowest BCUT2D eigenvalue weighted by atomic mass is 10.0. The van der Waals surface area contributed by atoms with E-state index in [0.717, 1.165) is 6.07 Å². The van der Waals surface area contributed by atoms with Crippen LogP contribution in [0.15, 0.2) is 52.9 Å². The van der Waals surface area contributed by atoms with E-state index < -0.39 is 30.3 Å². The van der Waals surface area contributed by atoms with E-state index in [-0.39, 0.29) is 22.6 Å². The van der Waals surface area contributed by atoms with Gasteiger partial charge in [0.05, 0.1) is 17.0 Å². The number of pyridine rings is 1. The third-order valence-electron chi connectivity index (χ3n) is 5.04. The van der Waals surface area contributed by atoms with Crippen LogP contribution in [-0.4, -0.2) is 27.3 Å². The summed E-state index contributed by atoms with van der Waals surface area (Å²) in [6.07, 6.45) is -4.68. The van der Waals surface area contributed by atoms with Gasteiger partial charge in [0.15, 0.2) is 12.3 Å². The maximum atomic E-state index is 14.0. The first kappa shape index (κ1) is 22.4. The number of rotatable bonds is 6. The zero-order valence-electron chi connectivity index (χ0n) is 18.1. The highest BCUT2D eigenvalue weighted by Gasteiger charge is 2.36. The van der Waals surface area contributed by atoms with Crippen LogP contribution in [0.2, 0.25) is 0 Å². The Morgan fingerprint density at radius 1 is 1.21 bits per heavy atom. The SMILES string of the molecule is Cc1ccc(C(C)NC(=O)COc2cc(C(F)(F)F)c3c(-c4ccccc4)nn(C)c3n2)o1. The molecule has 1 unspecified atom stereocenters. The summed E-state index contributed by atoms with van der Waals surface area (Å²) < 4.78 is 53.9. The van der Waals surface area contributed by atoms with E-state index in [9.17, 15) is 18.0 Å². The van der Waals surface area contributed by atoms with E-state index in [0.29, 0.717) is 17.1 Å². The molecule has 4 rings (SSSR count). The van der Waals surface area contributed by atoms with E-state index in [1.54, 1.807) is 56.3 Å². The molecular weight excluding hydrogens is 437 g/mol. The fraction of sp³-hybridized carbons (Fsp3) is 0.261. The van der Waals surface area contributed by atoms with E-state index in [4.69, 9.17) is 9.15 Å². The van der Waals surface area contributed by atoms with Crippen LogP contribution in [0.4, 0.5) is 13.2 Å². The number of nitrogens with one attached hydrogen (secondary N) is 1. The smallest absolute Gasteiger partial charge is 0.417 e. The van der Waals surface area contributed by atoms with Crippen molar-refractivity contribution in [2.75, 3.05) is 6.61 Å². The fourth-order valence-corrected chi connectivity index (χ4v) is 3.50. The molecule has 0 saturated heterocycles. The number of furan rings is 1. The van der Waals surface area contributed by atoms with Crippen molar-refractivity contribution in [2.45, 2.75) is 26.1 Å². The molecule has 1 aromatic carbocycles. The molecule has 1 N–H and O–H groups in total. The number of carbonyl (C=O) groups is 1. The van der Waals surface area contributed by atoms with E-state index >= 15 is 0 Å². The lowest BCUT2D eigenvalue weighted by molar-refractivity contribution is -0.136. The topological polar surface area (TPSA) is 82.2 Å². The number of amides is 1. The van der Waals surface area contributed by atoms with Crippen LogP contribution in [0.3, 0.4) is 0 Å². The number of halogens is 3. The summed E-state index contributed by atoms with van der Waals surface area (Å²) in [5.41, 5.74) is -0.238. The van der Waals surface area contributed by atoms with E-state index in [1.165, 1.54) is 11.7 Å². The average molecular weight is 458 g/mol. The lowest BCUT2D eigenvalue weighted by Gasteiger charge is -2.14. The Morgan fingerprint density at radius 2 is 1.94 bits per heavy atom. The van der Waals surface area contributed by atoms with Crippen LogP contribution >= 0.6 is 0 Å². The maximum absolute atomic E-state index is 14.0. The predicted octanol–water partition coefficient (Wildman–Crippen LogP) is 4.81. The predicted molar refractivity (Wildman–Crippen MR) is 114 cm³/mol. The molecule has 172 valence electrons. The van der Waals surface area contributed by atoms with Crippen molar-refractivity contribution in [1.29, 1.82) is 0 Å². The highest BCUT2D eigenvalue weighted by molar-refractivity contribution is 5.94. The van der Waals surface area contributed by atoms with Crippen molar-refractivity contribution in [3.05, 3.63) is 65.6 Å². The summed E-state index contributed by atoms with van der Waals surface area (Å²) in [5, 5.41) is 6.80. The van der Waals surface area contributed by atoms with Gasteiger partial charge in [0.25, 0.3) is 5.91 Å². The third kappa shape index (κ3) is 4.69. The first-order valence-electron chi connectivity index (χ1n) is 10.1. The maximum Gasteiger partial charge on any atom is 0.417 e. The number of benzene rings is 1. The van der Waals surface area contributed by atoms with Gasteiger partial charge in [0.2, 0.25) is 5.88 Å². The van der Waals surface area contributed by atoms with Crippen molar-refractivity contribution in [3.8, 4) is 17.1 Å². The number of hydrogen-bond donors (Lipinski definition) is 1. The standard InChI is InChI=1S/C23H21F3N4O3/c1-13-9-10-17(33-13)14(2)27-18(31)12-32-19-11-16(23(24,25)26)20-21(15-7-5-4-6-8-15)29-30(3)22(20)28-19/h4-11,14H,12H2,1-3H3,(H,27,31). The molecule has 1 amide bonds. The monoisotopic (exact) mass is 458 g/mol.